The minimum Gasteiger partial charge on any atom is -0.0625 e. The van der Waals surface area contributed by atoms with Crippen molar-refractivity contribution in [2.45, 2.75) is 40.0 Å². The molecule has 2 saturated carbocycles. The average molecular weight is 138 g/mol. The molecule has 0 spiro atoms. The third-order valence-electron chi connectivity index (χ3n) is 3.57. The molecule has 0 aromatic rings. The summed E-state index contributed by atoms with van der Waals surface area (Å²) in [6.45, 7) is 7.22. The predicted octanol–water partition coefficient (Wildman–Crippen LogP) is 3.08. The monoisotopic (exact) mass is 138 g/mol. The molecule has 2 rings (SSSR count). The van der Waals surface area contributed by atoms with Crippen LogP contribution in [0.25, 0.3) is 0 Å². The van der Waals surface area contributed by atoms with Crippen molar-refractivity contribution in [2.24, 2.45) is 23.2 Å². The van der Waals surface area contributed by atoms with Gasteiger partial charge in [0.2, 0.25) is 0 Å². The summed E-state index contributed by atoms with van der Waals surface area (Å²) < 4.78 is 0. The topological polar surface area (TPSA) is 0 Å². The van der Waals surface area contributed by atoms with E-state index in [1.54, 1.807) is 0 Å². The largest absolute Gasteiger partial charge is 0.0625 e. The lowest BCUT2D eigenvalue weighted by molar-refractivity contribution is 0.168. The van der Waals surface area contributed by atoms with Gasteiger partial charge in [-0.2, -0.15) is 0 Å². The average Bonchev–Trinajstić information content (AvgIpc) is 2.32. The van der Waals surface area contributed by atoms with Gasteiger partial charge in [0.25, 0.3) is 0 Å². The van der Waals surface area contributed by atoms with Crippen LogP contribution in [0.5, 0.6) is 0 Å². The first-order chi connectivity index (χ1) is 4.59. The van der Waals surface area contributed by atoms with Crippen molar-refractivity contribution in [3.05, 3.63) is 0 Å². The van der Waals surface area contributed by atoms with E-state index in [2.05, 4.69) is 20.8 Å². The van der Waals surface area contributed by atoms with Gasteiger partial charge in [0.05, 0.1) is 0 Å². The van der Waals surface area contributed by atoms with Crippen molar-refractivity contribution in [3.63, 3.8) is 0 Å². The van der Waals surface area contributed by atoms with Gasteiger partial charge in [0, 0.05) is 0 Å². The molecule has 0 aromatic heterocycles. The van der Waals surface area contributed by atoms with Crippen molar-refractivity contribution < 1.29 is 0 Å². The molecule has 0 aromatic carbocycles. The molecule has 1 atom stereocenters. The van der Waals surface area contributed by atoms with Crippen LogP contribution in [0.4, 0.5) is 0 Å². The minimum absolute atomic E-state index is 0.727. The van der Waals surface area contributed by atoms with E-state index in [9.17, 15) is 0 Å². The van der Waals surface area contributed by atoms with Crippen LogP contribution in [-0.2, 0) is 0 Å². The summed E-state index contributed by atoms with van der Waals surface area (Å²) in [4.78, 5) is 0. The van der Waals surface area contributed by atoms with Crippen LogP contribution in [0.3, 0.4) is 0 Å². The molecule has 0 heteroatoms. The molecule has 0 bridgehead atoms. The SMILES string of the molecule is CC1CC(C2CC2(C)C)C1. The van der Waals surface area contributed by atoms with Gasteiger partial charge >= 0.3 is 0 Å². The third kappa shape index (κ3) is 0.889. The van der Waals surface area contributed by atoms with E-state index in [1.807, 2.05) is 0 Å². The van der Waals surface area contributed by atoms with Crippen LogP contribution < -0.4 is 0 Å². The molecule has 2 fully saturated rings. The molecular formula is C10H18. The van der Waals surface area contributed by atoms with E-state index in [1.165, 1.54) is 19.3 Å². The zero-order valence-electron chi connectivity index (χ0n) is 7.35. The zero-order valence-corrected chi connectivity index (χ0v) is 7.35. The maximum atomic E-state index is 2.42. The third-order valence-corrected chi connectivity index (χ3v) is 3.57. The van der Waals surface area contributed by atoms with Gasteiger partial charge in [0.15, 0.2) is 0 Å². The van der Waals surface area contributed by atoms with Crippen molar-refractivity contribution in [2.75, 3.05) is 0 Å². The molecule has 0 saturated heterocycles. The van der Waals surface area contributed by atoms with Gasteiger partial charge in [-0.1, -0.05) is 20.8 Å². The number of rotatable bonds is 1. The molecule has 10 heavy (non-hydrogen) atoms. The summed E-state index contributed by atoms with van der Waals surface area (Å²) in [7, 11) is 0. The Morgan fingerprint density at radius 1 is 1.20 bits per heavy atom. The Labute approximate surface area is 64.0 Å². The lowest BCUT2D eigenvalue weighted by atomic mass is 9.72. The Kier molecular flexibility index (Phi) is 1.19. The van der Waals surface area contributed by atoms with Crippen LogP contribution in [-0.4, -0.2) is 0 Å². The van der Waals surface area contributed by atoms with Crippen molar-refractivity contribution in [1.82, 2.24) is 0 Å². The predicted molar refractivity (Wildman–Crippen MR) is 43.8 cm³/mol. The first kappa shape index (κ1) is 6.69. The summed E-state index contributed by atoms with van der Waals surface area (Å²) in [6.07, 6.45) is 4.55. The summed E-state index contributed by atoms with van der Waals surface area (Å²) in [5, 5.41) is 0. The van der Waals surface area contributed by atoms with Crippen molar-refractivity contribution >= 4 is 0 Å². The van der Waals surface area contributed by atoms with Crippen LogP contribution in [0.15, 0.2) is 0 Å². The molecule has 0 heterocycles. The first-order valence-electron chi connectivity index (χ1n) is 4.59. The molecular weight excluding hydrogens is 120 g/mol. The maximum absolute atomic E-state index is 2.42. The highest BCUT2D eigenvalue weighted by molar-refractivity contribution is 5.01. The molecule has 0 aliphatic heterocycles. The standard InChI is InChI=1S/C10H18/c1-7-4-8(5-7)9-6-10(9,2)3/h7-9H,4-6H2,1-3H3. The van der Waals surface area contributed by atoms with E-state index < -0.39 is 0 Å². The Morgan fingerprint density at radius 3 is 2.00 bits per heavy atom. The quantitative estimate of drug-likeness (QED) is 0.522. The normalized spacial score (nSPS) is 50.1. The Balaban J connectivity index is 1.83. The second-order valence-corrected chi connectivity index (χ2v) is 5.14. The lowest BCUT2D eigenvalue weighted by Gasteiger charge is -2.34. The highest BCUT2D eigenvalue weighted by Gasteiger charge is 2.52. The fraction of sp³-hybridized carbons (Fsp3) is 1.00. The van der Waals surface area contributed by atoms with Crippen LogP contribution in [0.1, 0.15) is 40.0 Å². The second kappa shape index (κ2) is 1.78. The molecule has 0 nitrogen and oxygen atoms in total. The first-order valence-corrected chi connectivity index (χ1v) is 4.59. The van der Waals surface area contributed by atoms with Crippen LogP contribution in [0, 0.1) is 23.2 Å². The van der Waals surface area contributed by atoms with E-state index in [0.29, 0.717) is 0 Å². The van der Waals surface area contributed by atoms with Gasteiger partial charge in [-0.05, 0) is 42.4 Å². The van der Waals surface area contributed by atoms with Crippen LogP contribution in [0.2, 0.25) is 0 Å². The highest BCUT2D eigenvalue weighted by atomic mass is 14.6. The van der Waals surface area contributed by atoms with Gasteiger partial charge in [-0.15, -0.1) is 0 Å². The molecule has 1 unspecified atom stereocenters. The van der Waals surface area contributed by atoms with Gasteiger partial charge in [0.1, 0.15) is 0 Å². The van der Waals surface area contributed by atoms with E-state index in [4.69, 9.17) is 0 Å². The van der Waals surface area contributed by atoms with Crippen molar-refractivity contribution in [1.29, 1.82) is 0 Å². The summed E-state index contributed by atoms with van der Waals surface area (Å²) in [5.41, 5.74) is 0.727. The fourth-order valence-corrected chi connectivity index (χ4v) is 2.61. The molecule has 0 radical (unpaired) electrons. The smallest absolute Gasteiger partial charge is 0.0320 e. The van der Waals surface area contributed by atoms with Gasteiger partial charge < -0.3 is 0 Å². The number of hydrogen-bond donors (Lipinski definition) is 0. The molecule has 2 aliphatic carbocycles. The summed E-state index contributed by atoms with van der Waals surface area (Å²) in [5.74, 6) is 3.26. The maximum Gasteiger partial charge on any atom is -0.0320 e. The second-order valence-electron chi connectivity index (χ2n) is 5.14. The van der Waals surface area contributed by atoms with Crippen molar-refractivity contribution in [3.8, 4) is 0 Å². The fourth-order valence-electron chi connectivity index (χ4n) is 2.61. The highest BCUT2D eigenvalue weighted by Crippen LogP contribution is 2.61. The van der Waals surface area contributed by atoms with E-state index >= 15 is 0 Å². The molecule has 0 N–H and O–H groups in total. The Hall–Kier alpha value is 0. The van der Waals surface area contributed by atoms with E-state index in [0.717, 1.165) is 23.2 Å². The summed E-state index contributed by atoms with van der Waals surface area (Å²) >= 11 is 0. The van der Waals surface area contributed by atoms with Gasteiger partial charge in [-0.25, -0.2) is 0 Å². The van der Waals surface area contributed by atoms with Gasteiger partial charge in [-0.3, -0.25) is 0 Å². The summed E-state index contributed by atoms with van der Waals surface area (Å²) in [6, 6.07) is 0. The molecule has 0 amide bonds. The Bertz CT molecular complexity index is 140. The van der Waals surface area contributed by atoms with E-state index in [-0.39, 0.29) is 0 Å². The molecule has 58 valence electrons. The Morgan fingerprint density at radius 2 is 1.70 bits per heavy atom. The zero-order chi connectivity index (χ0) is 7.35. The lowest BCUT2D eigenvalue weighted by Crippen LogP contribution is -2.24. The van der Waals surface area contributed by atoms with Crippen LogP contribution >= 0.6 is 0 Å². The minimum atomic E-state index is 0.727. The molecule has 2 aliphatic rings. The number of hydrogen-bond acceptors (Lipinski definition) is 0.